The second-order valence-corrected chi connectivity index (χ2v) is 5.73. The molecular formula is C19H19NO6. The Hall–Kier alpha value is -2.90. The Bertz CT molecular complexity index is 808. The summed E-state index contributed by atoms with van der Waals surface area (Å²) in [6, 6.07) is 11.0. The van der Waals surface area contributed by atoms with Crippen molar-refractivity contribution in [1.82, 2.24) is 4.90 Å². The zero-order chi connectivity index (χ0) is 18.7. The summed E-state index contributed by atoms with van der Waals surface area (Å²) in [5.41, 5.74) is 0.416. The molecule has 1 N–H and O–H groups in total. The van der Waals surface area contributed by atoms with Gasteiger partial charge in [0, 0.05) is 19.8 Å². The first-order chi connectivity index (χ1) is 12.6. The Morgan fingerprint density at radius 2 is 1.85 bits per heavy atom. The van der Waals surface area contributed by atoms with Crippen molar-refractivity contribution in [2.45, 2.75) is 12.3 Å². The number of hydrogen-bond donors (Lipinski definition) is 1. The van der Waals surface area contributed by atoms with Gasteiger partial charge in [0.2, 0.25) is 0 Å². The molecule has 1 aromatic carbocycles. The summed E-state index contributed by atoms with van der Waals surface area (Å²) in [5, 5.41) is 10.7. The fourth-order valence-corrected chi connectivity index (χ4v) is 2.97. The standard InChI is InChI=1S/C19H19NO6/c1-24-14(25-2)11-20-16(13-9-6-10-26-13)15(18(22)19(20)23)17(21)12-7-4-3-5-8-12/h3-10,14,16,21H,11H2,1-2H3. The van der Waals surface area contributed by atoms with E-state index in [2.05, 4.69) is 0 Å². The van der Waals surface area contributed by atoms with Crippen molar-refractivity contribution in [3.05, 3.63) is 65.6 Å². The number of ether oxygens (including phenoxy) is 2. The number of ketones is 1. The third kappa shape index (κ3) is 3.14. The molecule has 2 aromatic rings. The molecule has 2 heterocycles. The van der Waals surface area contributed by atoms with E-state index in [0.29, 0.717) is 11.3 Å². The first-order valence-corrected chi connectivity index (χ1v) is 8.01. The molecule has 1 unspecified atom stereocenters. The van der Waals surface area contributed by atoms with Gasteiger partial charge in [-0.25, -0.2) is 0 Å². The van der Waals surface area contributed by atoms with Gasteiger partial charge in [0.05, 0.1) is 18.4 Å². The number of hydrogen-bond acceptors (Lipinski definition) is 6. The lowest BCUT2D eigenvalue weighted by molar-refractivity contribution is -0.149. The average Bonchev–Trinajstić information content (AvgIpc) is 3.28. The van der Waals surface area contributed by atoms with Gasteiger partial charge in [-0.1, -0.05) is 30.3 Å². The molecule has 0 aliphatic carbocycles. The molecule has 7 heteroatoms. The second-order valence-electron chi connectivity index (χ2n) is 5.73. The van der Waals surface area contributed by atoms with E-state index < -0.39 is 24.0 Å². The quantitative estimate of drug-likeness (QED) is 0.369. The summed E-state index contributed by atoms with van der Waals surface area (Å²) in [4.78, 5) is 26.5. The summed E-state index contributed by atoms with van der Waals surface area (Å²) >= 11 is 0. The lowest BCUT2D eigenvalue weighted by Gasteiger charge is -2.26. The van der Waals surface area contributed by atoms with Crippen molar-refractivity contribution < 1.29 is 28.6 Å². The molecule has 0 spiro atoms. The summed E-state index contributed by atoms with van der Waals surface area (Å²) in [6.45, 7) is 0.00844. The average molecular weight is 357 g/mol. The molecule has 7 nitrogen and oxygen atoms in total. The molecular weight excluding hydrogens is 338 g/mol. The highest BCUT2D eigenvalue weighted by Gasteiger charge is 2.48. The number of furan rings is 1. The van der Waals surface area contributed by atoms with Gasteiger partial charge >= 0.3 is 0 Å². The number of methoxy groups -OCH3 is 2. The number of aliphatic hydroxyl groups excluding tert-OH is 1. The van der Waals surface area contributed by atoms with Gasteiger partial charge in [0.15, 0.2) is 6.29 Å². The maximum absolute atomic E-state index is 12.7. The molecule has 1 aliphatic rings. The molecule has 3 rings (SSSR count). The van der Waals surface area contributed by atoms with Gasteiger partial charge < -0.3 is 23.9 Å². The Kier molecular flexibility index (Phi) is 5.20. The second kappa shape index (κ2) is 7.55. The fraction of sp³-hybridized carbons (Fsp3) is 0.263. The first-order valence-electron chi connectivity index (χ1n) is 8.01. The van der Waals surface area contributed by atoms with Crippen LogP contribution in [0.2, 0.25) is 0 Å². The van der Waals surface area contributed by atoms with Crippen molar-refractivity contribution in [2.75, 3.05) is 20.8 Å². The van der Waals surface area contributed by atoms with Gasteiger partial charge in [-0.05, 0) is 12.1 Å². The smallest absolute Gasteiger partial charge is 0.295 e. The van der Waals surface area contributed by atoms with Gasteiger partial charge in [-0.3, -0.25) is 9.59 Å². The van der Waals surface area contributed by atoms with E-state index in [9.17, 15) is 14.7 Å². The number of nitrogens with zero attached hydrogens (tertiary/aromatic N) is 1. The van der Waals surface area contributed by atoms with E-state index in [1.807, 2.05) is 0 Å². The molecule has 1 saturated heterocycles. The van der Waals surface area contributed by atoms with Crippen molar-refractivity contribution in [2.24, 2.45) is 0 Å². The lowest BCUT2D eigenvalue weighted by Crippen LogP contribution is -2.38. The van der Waals surface area contributed by atoms with E-state index in [-0.39, 0.29) is 17.9 Å². The van der Waals surface area contributed by atoms with Gasteiger partial charge in [0.1, 0.15) is 17.6 Å². The van der Waals surface area contributed by atoms with Crippen molar-refractivity contribution in [1.29, 1.82) is 0 Å². The molecule has 1 aliphatic heterocycles. The van der Waals surface area contributed by atoms with E-state index in [1.54, 1.807) is 42.5 Å². The lowest BCUT2D eigenvalue weighted by atomic mass is 9.99. The number of amides is 1. The zero-order valence-electron chi connectivity index (χ0n) is 14.4. The number of carbonyl (C=O) groups excluding carboxylic acids is 2. The molecule has 1 atom stereocenters. The van der Waals surface area contributed by atoms with Crippen LogP contribution in [0, 0.1) is 0 Å². The van der Waals surface area contributed by atoms with E-state index in [0.717, 1.165) is 0 Å². The summed E-state index contributed by atoms with van der Waals surface area (Å²) in [5.74, 6) is -1.41. The van der Waals surface area contributed by atoms with Crippen LogP contribution in [0.5, 0.6) is 0 Å². The summed E-state index contributed by atoms with van der Waals surface area (Å²) in [6.07, 6.45) is 0.727. The van der Waals surface area contributed by atoms with Gasteiger partial charge in [-0.2, -0.15) is 0 Å². The first kappa shape index (κ1) is 17.9. The number of benzene rings is 1. The minimum absolute atomic E-state index is 0.00844. The predicted octanol–water partition coefficient (Wildman–Crippen LogP) is 2.32. The van der Waals surface area contributed by atoms with Crippen LogP contribution in [-0.2, 0) is 19.1 Å². The van der Waals surface area contributed by atoms with E-state index in [4.69, 9.17) is 13.9 Å². The third-order valence-corrected chi connectivity index (χ3v) is 4.27. The maximum Gasteiger partial charge on any atom is 0.295 e. The van der Waals surface area contributed by atoms with Crippen LogP contribution in [0.4, 0.5) is 0 Å². The Morgan fingerprint density at radius 1 is 1.15 bits per heavy atom. The van der Waals surface area contributed by atoms with Crippen LogP contribution < -0.4 is 0 Å². The number of Topliss-reactive ketones (excluding diaryl/α,β-unsaturated/α-hetero) is 1. The molecule has 1 aromatic heterocycles. The number of aliphatic hydroxyl groups is 1. The molecule has 0 bridgehead atoms. The minimum Gasteiger partial charge on any atom is -0.507 e. The van der Waals surface area contributed by atoms with Crippen LogP contribution in [-0.4, -0.2) is 48.8 Å². The van der Waals surface area contributed by atoms with E-state index in [1.165, 1.54) is 25.4 Å². The Labute approximate surface area is 150 Å². The minimum atomic E-state index is -0.863. The fourth-order valence-electron chi connectivity index (χ4n) is 2.97. The topological polar surface area (TPSA) is 89.2 Å². The van der Waals surface area contributed by atoms with Crippen LogP contribution in [0.1, 0.15) is 17.4 Å². The van der Waals surface area contributed by atoms with Crippen molar-refractivity contribution in [3.8, 4) is 0 Å². The van der Waals surface area contributed by atoms with Crippen molar-refractivity contribution in [3.63, 3.8) is 0 Å². The van der Waals surface area contributed by atoms with Gasteiger partial charge in [-0.15, -0.1) is 0 Å². The molecule has 1 fully saturated rings. The monoisotopic (exact) mass is 357 g/mol. The summed E-state index contributed by atoms with van der Waals surface area (Å²) in [7, 11) is 2.88. The number of carbonyl (C=O) groups is 2. The molecule has 0 radical (unpaired) electrons. The normalized spacial score (nSPS) is 19.5. The molecule has 1 amide bonds. The van der Waals surface area contributed by atoms with Crippen LogP contribution in [0.3, 0.4) is 0 Å². The largest absolute Gasteiger partial charge is 0.507 e. The highest BCUT2D eigenvalue weighted by molar-refractivity contribution is 6.46. The highest BCUT2D eigenvalue weighted by Crippen LogP contribution is 2.39. The van der Waals surface area contributed by atoms with Crippen LogP contribution >= 0.6 is 0 Å². The maximum atomic E-state index is 12.7. The van der Waals surface area contributed by atoms with Crippen LogP contribution in [0.15, 0.2) is 58.7 Å². The third-order valence-electron chi connectivity index (χ3n) is 4.27. The Balaban J connectivity index is 2.11. The molecule has 136 valence electrons. The van der Waals surface area contributed by atoms with Crippen molar-refractivity contribution >= 4 is 17.4 Å². The van der Waals surface area contributed by atoms with E-state index >= 15 is 0 Å². The number of rotatable bonds is 6. The zero-order valence-corrected chi connectivity index (χ0v) is 14.4. The highest BCUT2D eigenvalue weighted by atomic mass is 16.7. The van der Waals surface area contributed by atoms with Crippen LogP contribution in [0.25, 0.3) is 5.76 Å². The summed E-state index contributed by atoms with van der Waals surface area (Å²) < 4.78 is 15.7. The predicted molar refractivity (Wildman–Crippen MR) is 92.0 cm³/mol. The molecule has 0 saturated carbocycles. The van der Waals surface area contributed by atoms with Gasteiger partial charge in [0.25, 0.3) is 11.7 Å². The SMILES string of the molecule is COC(CN1C(=O)C(=O)C(=C(O)c2ccccc2)C1c1ccco1)OC. The Morgan fingerprint density at radius 3 is 2.42 bits per heavy atom. The molecule has 26 heavy (non-hydrogen) atoms. The number of likely N-dealkylation sites (tertiary alicyclic amines) is 1.